The maximum atomic E-state index is 14.0. The molecule has 0 saturated heterocycles. The van der Waals surface area contributed by atoms with Gasteiger partial charge in [0.25, 0.3) is 0 Å². The van der Waals surface area contributed by atoms with Crippen molar-refractivity contribution in [3.63, 3.8) is 0 Å². The molecule has 0 bridgehead atoms. The zero-order valence-electron chi connectivity index (χ0n) is 36.2. The maximum absolute atomic E-state index is 14.0. The van der Waals surface area contributed by atoms with Crippen LogP contribution in [-0.2, 0) is 0 Å². The molecular formula is C52H47Cl3FN5O3. The Hall–Kier alpha value is -6.39. The normalized spacial score (nSPS) is 10.8. The van der Waals surface area contributed by atoms with E-state index in [0.717, 1.165) is 56.7 Å². The van der Waals surface area contributed by atoms with Crippen molar-refractivity contribution in [2.75, 3.05) is 0 Å². The molecule has 0 aliphatic carbocycles. The van der Waals surface area contributed by atoms with Gasteiger partial charge in [0.2, 0.25) is 0 Å². The van der Waals surface area contributed by atoms with E-state index in [1.54, 1.807) is 24.5 Å². The van der Waals surface area contributed by atoms with Gasteiger partial charge < -0.3 is 14.2 Å². The van der Waals surface area contributed by atoms with E-state index in [-0.39, 0.29) is 24.1 Å². The fraction of sp³-hybridized carbons (Fsp3) is 0.173. The average Bonchev–Trinajstić information content (AvgIpc) is 3.27. The second kappa shape index (κ2) is 22.8. The van der Waals surface area contributed by atoms with Crippen LogP contribution in [0.5, 0.6) is 17.2 Å². The molecule has 8 rings (SSSR count). The summed E-state index contributed by atoms with van der Waals surface area (Å²) in [5, 5.41) is 1.60. The van der Waals surface area contributed by atoms with Crippen molar-refractivity contribution >= 4 is 34.8 Å². The number of benzene rings is 3. The predicted octanol–water partition coefficient (Wildman–Crippen LogP) is 14.8. The van der Waals surface area contributed by atoms with E-state index < -0.39 is 0 Å². The number of aromatic nitrogens is 5. The third-order valence-corrected chi connectivity index (χ3v) is 9.39. The summed E-state index contributed by atoms with van der Waals surface area (Å²) in [5.74, 6) is 2.13. The van der Waals surface area contributed by atoms with Gasteiger partial charge in [-0.25, -0.2) is 19.3 Å². The number of hydrogen-bond donors (Lipinski definition) is 0. The lowest BCUT2D eigenvalue weighted by atomic mass is 10.1. The number of rotatable bonds is 11. The third-order valence-electron chi connectivity index (χ3n) is 8.76. The molecule has 0 aliphatic rings. The van der Waals surface area contributed by atoms with Crippen LogP contribution in [0.4, 0.5) is 4.39 Å². The lowest BCUT2D eigenvalue weighted by Crippen LogP contribution is -2.05. The van der Waals surface area contributed by atoms with E-state index in [0.29, 0.717) is 32.3 Å². The molecule has 326 valence electrons. The van der Waals surface area contributed by atoms with Gasteiger partial charge in [-0.3, -0.25) is 9.97 Å². The number of halogens is 4. The third kappa shape index (κ3) is 14.3. The first-order chi connectivity index (χ1) is 30.8. The largest absolute Gasteiger partial charge is 0.491 e. The lowest BCUT2D eigenvalue weighted by Gasteiger charge is -2.10. The Morgan fingerprint density at radius 1 is 0.391 bits per heavy atom. The SMILES string of the molecule is CC(C)Oc1ccc(-c2cc(Cl)cc(-c3ccccn3)n2)cc1.CC(C)Oc1ccc(-c2cc(Cl)cc(Cl)n2)cc1.CC(C)Oc1ccc(-c2cc(F)cc(-c3ccccn3)n2)cc1. The van der Waals surface area contributed by atoms with Crippen LogP contribution in [0.15, 0.2) is 158 Å². The summed E-state index contributed by atoms with van der Waals surface area (Å²) in [7, 11) is 0. The van der Waals surface area contributed by atoms with Gasteiger partial charge in [0.15, 0.2) is 0 Å². The second-order valence-electron chi connectivity index (χ2n) is 15.1. The molecule has 0 fully saturated rings. The molecule has 0 saturated carbocycles. The van der Waals surface area contributed by atoms with Gasteiger partial charge in [-0.15, -0.1) is 0 Å². The van der Waals surface area contributed by atoms with E-state index in [9.17, 15) is 4.39 Å². The fourth-order valence-corrected chi connectivity index (χ4v) is 6.80. The Morgan fingerprint density at radius 3 is 1.11 bits per heavy atom. The van der Waals surface area contributed by atoms with Gasteiger partial charge in [-0.2, -0.15) is 0 Å². The van der Waals surface area contributed by atoms with Crippen molar-refractivity contribution in [2.45, 2.75) is 59.9 Å². The van der Waals surface area contributed by atoms with Gasteiger partial charge in [0, 0.05) is 51.3 Å². The van der Waals surface area contributed by atoms with Crippen LogP contribution >= 0.6 is 34.8 Å². The van der Waals surface area contributed by atoms with Crippen LogP contribution in [0.2, 0.25) is 15.2 Å². The first kappa shape index (κ1) is 47.1. The van der Waals surface area contributed by atoms with E-state index in [4.69, 9.17) is 49.0 Å². The van der Waals surface area contributed by atoms with Crippen LogP contribution in [0.1, 0.15) is 41.5 Å². The molecule has 5 heterocycles. The first-order valence-corrected chi connectivity index (χ1v) is 21.7. The Morgan fingerprint density at radius 2 is 0.734 bits per heavy atom. The van der Waals surface area contributed by atoms with Crippen molar-refractivity contribution in [1.29, 1.82) is 0 Å². The highest BCUT2D eigenvalue weighted by molar-refractivity contribution is 6.34. The Labute approximate surface area is 389 Å². The lowest BCUT2D eigenvalue weighted by molar-refractivity contribution is 0.242. The fourth-order valence-electron chi connectivity index (χ4n) is 6.12. The Balaban J connectivity index is 0.000000161. The molecule has 0 atom stereocenters. The minimum absolute atomic E-state index is 0.115. The molecule has 64 heavy (non-hydrogen) atoms. The molecule has 0 N–H and O–H groups in total. The van der Waals surface area contributed by atoms with Crippen LogP contribution in [0.3, 0.4) is 0 Å². The number of pyridine rings is 5. The van der Waals surface area contributed by atoms with Crippen LogP contribution in [-0.4, -0.2) is 43.2 Å². The zero-order chi connectivity index (χ0) is 45.6. The van der Waals surface area contributed by atoms with Crippen molar-refractivity contribution in [3.05, 3.63) is 179 Å². The topological polar surface area (TPSA) is 92.1 Å². The highest BCUT2D eigenvalue weighted by Gasteiger charge is 2.10. The van der Waals surface area contributed by atoms with E-state index in [2.05, 4.69) is 24.9 Å². The Bertz CT molecular complexity index is 2550. The number of nitrogens with zero attached hydrogens (tertiary/aromatic N) is 5. The van der Waals surface area contributed by atoms with Gasteiger partial charge in [0.1, 0.15) is 28.2 Å². The monoisotopic (exact) mass is 913 g/mol. The van der Waals surface area contributed by atoms with Gasteiger partial charge >= 0.3 is 0 Å². The maximum Gasteiger partial charge on any atom is 0.131 e. The van der Waals surface area contributed by atoms with Gasteiger partial charge in [0.05, 0.1) is 58.2 Å². The molecule has 12 heteroatoms. The molecule has 8 nitrogen and oxygen atoms in total. The molecule has 0 spiro atoms. The van der Waals surface area contributed by atoms with Crippen LogP contribution in [0.25, 0.3) is 56.5 Å². The summed E-state index contributed by atoms with van der Waals surface area (Å²) in [6.07, 6.45) is 3.84. The first-order valence-electron chi connectivity index (χ1n) is 20.6. The van der Waals surface area contributed by atoms with Crippen molar-refractivity contribution in [2.24, 2.45) is 0 Å². The quantitative estimate of drug-likeness (QED) is 0.119. The standard InChI is InChI=1S/C19H17ClN2O.C19H17FN2O.C14H13Cl2NO/c2*1-13(2)23-16-8-6-14(7-9-16)18-11-15(20)12-19(22-18)17-5-3-4-10-21-17;1-9(2)18-12-5-3-10(4-6-12)13-7-11(15)8-14(16)17-13/h2*3-13H,1-2H3;3-9H,1-2H3. The van der Waals surface area contributed by atoms with Crippen molar-refractivity contribution in [1.82, 2.24) is 24.9 Å². The molecule has 0 aliphatic heterocycles. The number of ether oxygens (including phenoxy) is 3. The molecule has 8 aromatic rings. The van der Waals surface area contributed by atoms with E-state index >= 15 is 0 Å². The highest BCUT2D eigenvalue weighted by Crippen LogP contribution is 2.29. The van der Waals surface area contributed by atoms with Crippen LogP contribution < -0.4 is 14.2 Å². The molecule has 0 unspecified atom stereocenters. The van der Waals surface area contributed by atoms with Gasteiger partial charge in [-0.05, 0) is 163 Å². The van der Waals surface area contributed by atoms with Crippen molar-refractivity contribution in [3.8, 4) is 73.8 Å². The molecular weight excluding hydrogens is 868 g/mol. The van der Waals surface area contributed by atoms with Crippen LogP contribution in [0, 0.1) is 5.82 Å². The summed E-state index contributed by atoms with van der Waals surface area (Å²) in [6.45, 7) is 11.9. The zero-order valence-corrected chi connectivity index (χ0v) is 38.5. The molecule has 5 aromatic heterocycles. The molecule has 3 aromatic carbocycles. The highest BCUT2D eigenvalue weighted by atomic mass is 35.5. The minimum atomic E-state index is -0.335. The number of hydrogen-bond acceptors (Lipinski definition) is 8. The van der Waals surface area contributed by atoms with Crippen molar-refractivity contribution < 1.29 is 18.6 Å². The Kier molecular flexibility index (Phi) is 16.8. The minimum Gasteiger partial charge on any atom is -0.491 e. The molecule has 0 amide bonds. The van der Waals surface area contributed by atoms with E-state index in [1.807, 2.05) is 163 Å². The smallest absolute Gasteiger partial charge is 0.131 e. The van der Waals surface area contributed by atoms with Gasteiger partial charge in [-0.1, -0.05) is 46.9 Å². The summed E-state index contributed by atoms with van der Waals surface area (Å²) in [4.78, 5) is 22.0. The summed E-state index contributed by atoms with van der Waals surface area (Å²) in [5.41, 5.74) is 7.64. The average molecular weight is 915 g/mol. The summed E-state index contributed by atoms with van der Waals surface area (Å²) in [6, 6.07) is 44.1. The second-order valence-corrected chi connectivity index (χ2v) is 16.4. The summed E-state index contributed by atoms with van der Waals surface area (Å²) < 4.78 is 30.8. The summed E-state index contributed by atoms with van der Waals surface area (Å²) >= 11 is 18.1. The predicted molar refractivity (Wildman–Crippen MR) is 258 cm³/mol. The molecule has 0 radical (unpaired) electrons. The van der Waals surface area contributed by atoms with E-state index in [1.165, 1.54) is 12.1 Å².